The third kappa shape index (κ3) is 0.850. The predicted octanol–water partition coefficient (Wildman–Crippen LogP) is -0.0687. The van der Waals surface area contributed by atoms with Crippen molar-refractivity contribution in [3.8, 4) is 0 Å². The van der Waals surface area contributed by atoms with Crippen LogP contribution in [-0.2, 0) is 9.59 Å². The van der Waals surface area contributed by atoms with E-state index in [1.165, 1.54) is 0 Å². The molecule has 2 amide bonds. The summed E-state index contributed by atoms with van der Waals surface area (Å²) >= 11 is 0. The second kappa shape index (κ2) is 2.01. The molecular formula is C6H7NO2. The van der Waals surface area contributed by atoms with E-state index in [1.54, 1.807) is 6.92 Å². The quantitative estimate of drug-likeness (QED) is 0.462. The molecule has 1 heterocycles. The number of hydrogen-bond acceptors (Lipinski definition) is 2. The van der Waals surface area contributed by atoms with Gasteiger partial charge in [0.25, 0.3) is 11.8 Å². The number of rotatable bonds is 1. The third-order valence-corrected chi connectivity index (χ3v) is 1.15. The van der Waals surface area contributed by atoms with Crippen molar-refractivity contribution in [1.29, 1.82) is 0 Å². The van der Waals surface area contributed by atoms with Crippen molar-refractivity contribution in [2.45, 2.75) is 6.92 Å². The van der Waals surface area contributed by atoms with Gasteiger partial charge in [0.05, 0.1) is 1.37 Å². The lowest BCUT2D eigenvalue weighted by Gasteiger charge is -2.08. The molecular weight excluding hydrogens is 118 g/mol. The Morgan fingerprint density at radius 3 is 2.56 bits per heavy atom. The van der Waals surface area contributed by atoms with Gasteiger partial charge in [0.1, 0.15) is 0 Å². The topological polar surface area (TPSA) is 37.4 Å². The molecule has 0 bridgehead atoms. The molecule has 3 nitrogen and oxygen atoms in total. The zero-order valence-electron chi connectivity index (χ0n) is 6.05. The first-order valence-corrected chi connectivity index (χ1v) is 2.71. The zero-order chi connectivity index (χ0) is 7.72. The molecule has 3 heteroatoms. The maximum atomic E-state index is 10.8. The summed E-state index contributed by atoms with van der Waals surface area (Å²) in [6, 6.07) is -0.216. The van der Waals surface area contributed by atoms with Crippen LogP contribution in [0.25, 0.3) is 0 Å². The standard InChI is InChI=1S/C6H7NO2/c1-2-7-5(8)3-4-6(7)9/h3-4H,2H2,1H3/i3T. The van der Waals surface area contributed by atoms with Crippen LogP contribution in [0.3, 0.4) is 0 Å². The average molecular weight is 127 g/mol. The van der Waals surface area contributed by atoms with Crippen molar-refractivity contribution < 1.29 is 11.0 Å². The lowest BCUT2D eigenvalue weighted by atomic mass is 10.5. The molecule has 0 aromatic rings. The Kier molecular flexibility index (Phi) is 1.06. The number of amides is 2. The van der Waals surface area contributed by atoms with Gasteiger partial charge in [0.2, 0.25) is 0 Å². The van der Waals surface area contributed by atoms with Crippen molar-refractivity contribution in [2.75, 3.05) is 6.54 Å². The normalized spacial score (nSPS) is 20.3. The van der Waals surface area contributed by atoms with E-state index in [1.807, 2.05) is 0 Å². The Morgan fingerprint density at radius 2 is 2.33 bits per heavy atom. The fourth-order valence-electron chi connectivity index (χ4n) is 0.679. The number of nitrogens with zero attached hydrogens (tertiary/aromatic N) is 1. The van der Waals surface area contributed by atoms with Gasteiger partial charge in [-0.25, -0.2) is 0 Å². The SMILES string of the molecule is [3H]C1=CC(=O)N(CC)C1=O. The molecule has 0 radical (unpaired) electrons. The van der Waals surface area contributed by atoms with Crippen LogP contribution >= 0.6 is 0 Å². The summed E-state index contributed by atoms with van der Waals surface area (Å²) < 4.78 is 6.95. The van der Waals surface area contributed by atoms with Gasteiger partial charge >= 0.3 is 0 Å². The molecule has 48 valence electrons. The van der Waals surface area contributed by atoms with Gasteiger partial charge in [-0.15, -0.1) is 0 Å². The Morgan fingerprint density at radius 1 is 1.67 bits per heavy atom. The molecule has 0 N–H and O–H groups in total. The van der Waals surface area contributed by atoms with E-state index in [4.69, 9.17) is 1.37 Å². The molecule has 0 fully saturated rings. The van der Waals surface area contributed by atoms with Crippen molar-refractivity contribution in [3.63, 3.8) is 0 Å². The first kappa shape index (κ1) is 4.73. The fraction of sp³-hybridized carbons (Fsp3) is 0.333. The van der Waals surface area contributed by atoms with Crippen molar-refractivity contribution >= 4 is 11.8 Å². The van der Waals surface area contributed by atoms with Crippen LogP contribution in [0.15, 0.2) is 12.1 Å². The molecule has 0 aliphatic carbocycles. The molecule has 9 heavy (non-hydrogen) atoms. The second-order valence-electron chi connectivity index (χ2n) is 1.68. The van der Waals surface area contributed by atoms with Crippen molar-refractivity contribution in [1.82, 2.24) is 4.90 Å². The third-order valence-electron chi connectivity index (χ3n) is 1.15. The minimum atomic E-state index is -0.493. The lowest BCUT2D eigenvalue weighted by Crippen LogP contribution is -2.29. The van der Waals surface area contributed by atoms with Crippen LogP contribution < -0.4 is 0 Å². The minimum absolute atomic E-state index is 0.216. The summed E-state index contributed by atoms with van der Waals surface area (Å²) in [6.07, 6.45) is 1.03. The molecule has 1 aliphatic rings. The predicted molar refractivity (Wildman–Crippen MR) is 31.5 cm³/mol. The number of carbonyl (C=O) groups excluding carboxylic acids is 2. The Balaban J connectivity index is 2.87. The highest BCUT2D eigenvalue weighted by atomic mass is 16.2. The summed E-state index contributed by atoms with van der Waals surface area (Å²) in [4.78, 5) is 22.6. The van der Waals surface area contributed by atoms with Crippen LogP contribution in [0.1, 0.15) is 8.29 Å². The Bertz CT molecular complexity index is 222. The summed E-state index contributed by atoms with van der Waals surface area (Å²) in [5.41, 5.74) is 0. The van der Waals surface area contributed by atoms with E-state index >= 15 is 0 Å². The second-order valence-corrected chi connectivity index (χ2v) is 1.68. The monoisotopic (exact) mass is 127 g/mol. The maximum Gasteiger partial charge on any atom is 0.253 e. The van der Waals surface area contributed by atoms with E-state index < -0.39 is 5.91 Å². The van der Waals surface area contributed by atoms with Gasteiger partial charge in [0, 0.05) is 18.7 Å². The smallest absolute Gasteiger partial charge is 0.253 e. The van der Waals surface area contributed by atoms with Crippen LogP contribution in [-0.4, -0.2) is 23.3 Å². The van der Waals surface area contributed by atoms with Crippen LogP contribution in [0.2, 0.25) is 0 Å². The molecule has 0 aromatic heterocycles. The van der Waals surface area contributed by atoms with E-state index in [0.717, 1.165) is 11.0 Å². The molecule has 0 saturated heterocycles. The van der Waals surface area contributed by atoms with Gasteiger partial charge in [0.15, 0.2) is 0 Å². The Hall–Kier alpha value is -1.12. The zero-order valence-corrected chi connectivity index (χ0v) is 5.05. The molecule has 0 aromatic carbocycles. The highest BCUT2D eigenvalue weighted by molar-refractivity contribution is 6.12. The number of carbonyl (C=O) groups is 2. The van der Waals surface area contributed by atoms with Crippen molar-refractivity contribution in [3.05, 3.63) is 12.1 Å². The lowest BCUT2D eigenvalue weighted by molar-refractivity contribution is -0.136. The summed E-state index contributed by atoms with van der Waals surface area (Å²) in [5, 5.41) is 0. The van der Waals surface area contributed by atoms with E-state index in [9.17, 15) is 9.59 Å². The largest absolute Gasteiger partial charge is 0.276 e. The number of hydrogen-bond donors (Lipinski definition) is 0. The molecule has 0 spiro atoms. The highest BCUT2D eigenvalue weighted by Crippen LogP contribution is 2.00. The summed E-state index contributed by atoms with van der Waals surface area (Å²) in [6.45, 7) is 2.04. The van der Waals surface area contributed by atoms with E-state index in [-0.39, 0.29) is 12.0 Å². The maximum absolute atomic E-state index is 10.8. The number of likely N-dealkylation sites (N-methyl/N-ethyl adjacent to an activating group) is 1. The van der Waals surface area contributed by atoms with E-state index in [0.29, 0.717) is 6.54 Å². The molecule has 1 rings (SSSR count). The molecule has 0 unspecified atom stereocenters. The fourth-order valence-corrected chi connectivity index (χ4v) is 0.679. The summed E-state index contributed by atoms with van der Waals surface area (Å²) in [5.74, 6) is -0.870. The van der Waals surface area contributed by atoms with Gasteiger partial charge in [-0.2, -0.15) is 0 Å². The van der Waals surface area contributed by atoms with Gasteiger partial charge in [-0.3, -0.25) is 14.5 Å². The highest BCUT2D eigenvalue weighted by Gasteiger charge is 2.20. The van der Waals surface area contributed by atoms with Crippen LogP contribution in [0.5, 0.6) is 0 Å². The van der Waals surface area contributed by atoms with Crippen LogP contribution in [0.4, 0.5) is 0 Å². The Labute approximate surface area is 54.4 Å². The average Bonchev–Trinajstić information content (AvgIpc) is 2.09. The first-order valence-electron chi connectivity index (χ1n) is 3.21. The molecule has 0 atom stereocenters. The van der Waals surface area contributed by atoms with Crippen LogP contribution in [0, 0.1) is 0 Å². The summed E-state index contributed by atoms with van der Waals surface area (Å²) in [7, 11) is 0. The van der Waals surface area contributed by atoms with E-state index in [2.05, 4.69) is 0 Å². The van der Waals surface area contributed by atoms with Gasteiger partial charge in [-0.05, 0) is 6.92 Å². The molecule has 0 saturated carbocycles. The first-order chi connectivity index (χ1) is 4.66. The number of imide groups is 1. The molecule has 1 aliphatic heterocycles. The van der Waals surface area contributed by atoms with Gasteiger partial charge < -0.3 is 0 Å². The van der Waals surface area contributed by atoms with Crippen molar-refractivity contribution in [2.24, 2.45) is 0 Å². The van der Waals surface area contributed by atoms with Gasteiger partial charge in [-0.1, -0.05) is 0 Å². The minimum Gasteiger partial charge on any atom is -0.276 e.